The molecule has 3 unspecified atom stereocenters. The first-order valence-electron chi connectivity index (χ1n) is 14.6. The highest BCUT2D eigenvalue weighted by molar-refractivity contribution is 6.38. The van der Waals surface area contributed by atoms with Gasteiger partial charge in [0, 0.05) is 25.2 Å². The molecule has 6 N–H and O–H groups in total. The average Bonchev–Trinajstić information content (AvgIpc) is 3.01. The van der Waals surface area contributed by atoms with Crippen LogP contribution < -0.4 is 21.1 Å². The van der Waals surface area contributed by atoms with Crippen LogP contribution >= 0.6 is 23.2 Å². The highest BCUT2D eigenvalue weighted by Crippen LogP contribution is 2.31. The predicted octanol–water partition coefficient (Wildman–Crippen LogP) is 6.66. The van der Waals surface area contributed by atoms with Crippen molar-refractivity contribution in [2.75, 3.05) is 18.8 Å². The van der Waals surface area contributed by atoms with Crippen molar-refractivity contribution in [2.45, 2.75) is 57.6 Å². The zero-order valence-corrected chi connectivity index (χ0v) is 26.2. The third kappa shape index (κ3) is 10.2. The first kappa shape index (κ1) is 32.8. The molecular weight excluding hydrogens is 581 g/mol. The number of nitrogen functional groups attached to an aromatic ring is 1. The van der Waals surface area contributed by atoms with Gasteiger partial charge in [0.1, 0.15) is 12.4 Å². The van der Waals surface area contributed by atoms with Crippen molar-refractivity contribution < 1.29 is 14.9 Å². The zero-order chi connectivity index (χ0) is 30.8. The lowest BCUT2D eigenvalue weighted by Gasteiger charge is -2.19. The molecule has 0 aliphatic carbocycles. The molecule has 4 atom stereocenters. The quantitative estimate of drug-likeness (QED) is 0.0952. The van der Waals surface area contributed by atoms with Crippen molar-refractivity contribution in [3.63, 3.8) is 0 Å². The summed E-state index contributed by atoms with van der Waals surface area (Å²) < 4.78 is 5.85. The van der Waals surface area contributed by atoms with Gasteiger partial charge in [-0.3, -0.25) is 0 Å². The van der Waals surface area contributed by atoms with Crippen molar-refractivity contribution in [2.24, 2.45) is 0 Å². The van der Waals surface area contributed by atoms with E-state index in [1.165, 1.54) is 11.1 Å². The van der Waals surface area contributed by atoms with Crippen molar-refractivity contribution in [1.82, 2.24) is 10.6 Å². The Kier molecular flexibility index (Phi) is 12.3. The Morgan fingerprint density at radius 1 is 0.674 bits per heavy atom. The first-order valence-corrected chi connectivity index (χ1v) is 15.4. The highest BCUT2D eigenvalue weighted by atomic mass is 35.5. The summed E-state index contributed by atoms with van der Waals surface area (Å²) in [7, 11) is 0. The minimum atomic E-state index is -0.744. The Morgan fingerprint density at radius 3 is 1.67 bits per heavy atom. The van der Waals surface area contributed by atoms with E-state index < -0.39 is 12.2 Å². The second-order valence-corrected chi connectivity index (χ2v) is 11.9. The molecule has 0 aliphatic heterocycles. The standard InChI is InChI=1S/C35H41Cl2N3O3/c1-23(39-20-33(41)28-12-14-30(15-13-28)43-22-27-6-4-3-5-7-27)16-25-8-10-26(11-9-25)17-24(2)40-21-34(42)29-18-31(36)35(38)32(37)19-29/h3-15,18-19,23-24,33-34,39-42H,16-17,20-22,38H2,1-2H3/t23?,24?,33-,34?/m0/s1. The van der Waals surface area contributed by atoms with Crippen molar-refractivity contribution in [3.8, 4) is 5.75 Å². The summed E-state index contributed by atoms with van der Waals surface area (Å²) in [6, 6.07) is 29.9. The maximum absolute atomic E-state index is 10.7. The Balaban J connectivity index is 1.16. The van der Waals surface area contributed by atoms with Gasteiger partial charge in [0.05, 0.1) is 27.9 Å². The number of aliphatic hydroxyl groups is 2. The third-order valence-corrected chi connectivity index (χ3v) is 8.05. The zero-order valence-electron chi connectivity index (χ0n) is 24.6. The van der Waals surface area contributed by atoms with Crippen molar-refractivity contribution in [1.29, 1.82) is 0 Å². The van der Waals surface area contributed by atoms with Gasteiger partial charge in [0.25, 0.3) is 0 Å². The largest absolute Gasteiger partial charge is 0.489 e. The molecule has 0 aliphatic rings. The highest BCUT2D eigenvalue weighted by Gasteiger charge is 2.14. The summed E-state index contributed by atoms with van der Waals surface area (Å²) in [4.78, 5) is 0. The second kappa shape index (κ2) is 16.1. The lowest BCUT2D eigenvalue weighted by molar-refractivity contribution is 0.170. The molecule has 8 heteroatoms. The molecule has 6 nitrogen and oxygen atoms in total. The number of rotatable bonds is 15. The molecule has 0 saturated heterocycles. The molecular formula is C35H41Cl2N3O3. The van der Waals surface area contributed by atoms with E-state index in [0.29, 0.717) is 41.0 Å². The number of halogens is 2. The van der Waals surface area contributed by atoms with E-state index in [1.807, 2.05) is 54.6 Å². The van der Waals surface area contributed by atoms with Crippen LogP contribution in [0.1, 0.15) is 53.9 Å². The van der Waals surface area contributed by atoms with Gasteiger partial charge in [0.15, 0.2) is 0 Å². The average molecular weight is 623 g/mol. The lowest BCUT2D eigenvalue weighted by Crippen LogP contribution is -2.32. The summed E-state index contributed by atoms with van der Waals surface area (Å²) in [5.41, 5.74) is 11.2. The normalized spacial score (nSPS) is 14.2. The summed E-state index contributed by atoms with van der Waals surface area (Å²) in [6.45, 7) is 5.57. The van der Waals surface area contributed by atoms with Crippen LogP contribution in [0.3, 0.4) is 0 Å². The molecule has 4 aromatic carbocycles. The Bertz CT molecular complexity index is 1400. The summed E-state index contributed by atoms with van der Waals surface area (Å²) in [5, 5.41) is 28.8. The molecule has 4 aromatic rings. The topological polar surface area (TPSA) is 99.8 Å². The molecule has 0 amide bonds. The fourth-order valence-corrected chi connectivity index (χ4v) is 5.35. The minimum absolute atomic E-state index is 0.159. The molecule has 0 bridgehead atoms. The van der Waals surface area contributed by atoms with Gasteiger partial charge in [-0.25, -0.2) is 0 Å². The smallest absolute Gasteiger partial charge is 0.119 e. The van der Waals surface area contributed by atoms with E-state index in [0.717, 1.165) is 29.7 Å². The first-order chi connectivity index (χ1) is 20.7. The number of nitrogens with one attached hydrogen (secondary N) is 2. The van der Waals surface area contributed by atoms with Crippen LogP contribution in [0.2, 0.25) is 10.0 Å². The monoisotopic (exact) mass is 621 g/mol. The number of aliphatic hydroxyl groups excluding tert-OH is 2. The molecule has 0 fully saturated rings. The van der Waals surface area contributed by atoms with E-state index in [9.17, 15) is 10.2 Å². The molecule has 0 radical (unpaired) electrons. The molecule has 43 heavy (non-hydrogen) atoms. The molecule has 0 aromatic heterocycles. The number of benzene rings is 4. The SMILES string of the molecule is CC(Cc1ccc(CC(C)NC[C@H](O)c2ccc(OCc3ccccc3)cc2)cc1)NCC(O)c1cc(Cl)c(N)c(Cl)c1. The van der Waals surface area contributed by atoms with E-state index >= 15 is 0 Å². The van der Waals surface area contributed by atoms with Crippen LogP contribution in [0.5, 0.6) is 5.75 Å². The summed E-state index contributed by atoms with van der Waals surface area (Å²) in [5.74, 6) is 0.779. The number of hydrogen-bond acceptors (Lipinski definition) is 6. The molecule has 228 valence electrons. The molecule has 4 rings (SSSR count). The Hall–Kier alpha value is -3.10. The number of nitrogens with two attached hydrogens (primary N) is 1. The summed E-state index contributed by atoms with van der Waals surface area (Å²) in [6.07, 6.45) is 0.332. The van der Waals surface area contributed by atoms with E-state index in [4.69, 9.17) is 33.7 Å². The van der Waals surface area contributed by atoms with Crippen LogP contribution in [0.25, 0.3) is 0 Å². The fourth-order valence-electron chi connectivity index (χ4n) is 4.85. The van der Waals surface area contributed by atoms with Gasteiger partial charge >= 0.3 is 0 Å². The van der Waals surface area contributed by atoms with Gasteiger partial charge < -0.3 is 31.3 Å². The molecule has 0 spiro atoms. The van der Waals surface area contributed by atoms with Crippen LogP contribution in [0, 0.1) is 0 Å². The van der Waals surface area contributed by atoms with Crippen LogP contribution in [0.4, 0.5) is 5.69 Å². The van der Waals surface area contributed by atoms with Crippen molar-refractivity contribution in [3.05, 3.63) is 129 Å². The number of ether oxygens (including phenoxy) is 1. The Morgan fingerprint density at radius 2 is 1.16 bits per heavy atom. The Labute approximate surface area is 264 Å². The van der Waals surface area contributed by atoms with Gasteiger partial charge in [-0.1, -0.05) is 89.9 Å². The van der Waals surface area contributed by atoms with Crippen LogP contribution in [-0.4, -0.2) is 35.4 Å². The number of hydrogen-bond donors (Lipinski definition) is 5. The predicted molar refractivity (Wildman–Crippen MR) is 177 cm³/mol. The van der Waals surface area contributed by atoms with Crippen LogP contribution in [-0.2, 0) is 19.4 Å². The summed E-state index contributed by atoms with van der Waals surface area (Å²) >= 11 is 12.2. The molecule has 0 saturated carbocycles. The van der Waals surface area contributed by atoms with Gasteiger partial charge in [0.2, 0.25) is 0 Å². The molecule has 0 heterocycles. The lowest BCUT2D eigenvalue weighted by atomic mass is 10.0. The second-order valence-electron chi connectivity index (χ2n) is 11.1. The third-order valence-electron chi connectivity index (χ3n) is 7.43. The van der Waals surface area contributed by atoms with Crippen LogP contribution in [0.15, 0.2) is 91.0 Å². The van der Waals surface area contributed by atoms with Crippen molar-refractivity contribution >= 4 is 28.9 Å². The number of anilines is 1. The van der Waals surface area contributed by atoms with E-state index in [-0.39, 0.29) is 12.1 Å². The van der Waals surface area contributed by atoms with Gasteiger partial charge in [-0.15, -0.1) is 0 Å². The maximum atomic E-state index is 10.7. The van der Waals surface area contributed by atoms with Gasteiger partial charge in [-0.05, 0) is 78.8 Å². The van der Waals surface area contributed by atoms with E-state index in [1.54, 1.807) is 12.1 Å². The van der Waals surface area contributed by atoms with E-state index in [2.05, 4.69) is 48.7 Å². The maximum Gasteiger partial charge on any atom is 0.119 e. The fraction of sp³-hybridized carbons (Fsp3) is 0.314. The minimum Gasteiger partial charge on any atom is -0.489 e. The van der Waals surface area contributed by atoms with Gasteiger partial charge in [-0.2, -0.15) is 0 Å².